The molecule has 1 fully saturated rings. The van der Waals surface area contributed by atoms with Gasteiger partial charge in [-0.2, -0.15) is 0 Å². The average Bonchev–Trinajstić information content (AvgIpc) is 2.91. The van der Waals surface area contributed by atoms with Gasteiger partial charge < -0.3 is 20.7 Å². The topological polar surface area (TPSA) is 84.7 Å². The minimum atomic E-state index is -0.596. The maximum Gasteiger partial charge on any atom is 0.322 e. The summed E-state index contributed by atoms with van der Waals surface area (Å²) in [5.41, 5.74) is 5.64. The second-order valence-corrected chi connectivity index (χ2v) is 4.76. The summed E-state index contributed by atoms with van der Waals surface area (Å²) in [6.07, 6.45) is 1.28. The van der Waals surface area contributed by atoms with Crippen LogP contribution in [0.25, 0.3) is 0 Å². The Morgan fingerprint density at radius 2 is 2.29 bits per heavy atom. The third kappa shape index (κ3) is 3.42. The normalized spacial score (nSPS) is 17.6. The number of hydrogen-bond donors (Lipinski definition) is 2. The largest absolute Gasteiger partial charge is 0.492 e. The molecule has 0 spiro atoms. The molecule has 0 saturated carbocycles. The van der Waals surface area contributed by atoms with Gasteiger partial charge in [0, 0.05) is 12.6 Å². The van der Waals surface area contributed by atoms with Crippen molar-refractivity contribution in [3.05, 3.63) is 24.0 Å². The molecule has 2 rings (SSSR count). The molecule has 1 aliphatic rings. The first-order chi connectivity index (χ1) is 10.0. The van der Waals surface area contributed by atoms with Crippen LogP contribution in [0, 0.1) is 5.82 Å². The van der Waals surface area contributed by atoms with E-state index < -0.39 is 23.8 Å². The number of nitrogens with zero attached hydrogens (tertiary/aromatic N) is 1. The van der Waals surface area contributed by atoms with Gasteiger partial charge in [0.2, 0.25) is 5.91 Å². The molecule has 3 amide bonds. The number of likely N-dealkylation sites (tertiary alicyclic amines) is 1. The summed E-state index contributed by atoms with van der Waals surface area (Å²) >= 11 is 0. The molecule has 0 bridgehead atoms. The molecule has 6 nitrogen and oxygen atoms in total. The number of amides is 3. The summed E-state index contributed by atoms with van der Waals surface area (Å²) in [4.78, 5) is 24.9. The first-order valence-corrected chi connectivity index (χ1v) is 6.82. The van der Waals surface area contributed by atoms with Crippen molar-refractivity contribution >= 4 is 17.6 Å². The molecule has 0 aliphatic carbocycles. The Morgan fingerprint density at radius 3 is 2.95 bits per heavy atom. The van der Waals surface area contributed by atoms with Crippen molar-refractivity contribution in [3.63, 3.8) is 0 Å². The molecule has 0 radical (unpaired) electrons. The molecule has 0 unspecified atom stereocenters. The monoisotopic (exact) mass is 295 g/mol. The van der Waals surface area contributed by atoms with E-state index in [0.29, 0.717) is 25.3 Å². The van der Waals surface area contributed by atoms with Gasteiger partial charge in [0.05, 0.1) is 12.3 Å². The van der Waals surface area contributed by atoms with E-state index in [0.717, 1.165) is 6.42 Å². The van der Waals surface area contributed by atoms with Crippen LogP contribution in [0.1, 0.15) is 19.8 Å². The molecule has 0 aromatic heterocycles. The third-order valence-corrected chi connectivity index (χ3v) is 3.33. The predicted octanol–water partition coefficient (Wildman–Crippen LogP) is 1.71. The number of ether oxygens (including phenoxy) is 1. The second kappa shape index (κ2) is 6.43. The number of urea groups is 1. The molecule has 1 atom stereocenters. The van der Waals surface area contributed by atoms with Crippen LogP contribution in [0.15, 0.2) is 18.2 Å². The SMILES string of the molecule is CCOc1cc(F)ccc1NC(=O)N1CCC[C@@H]1C(N)=O. The van der Waals surface area contributed by atoms with E-state index in [-0.39, 0.29) is 5.75 Å². The number of benzene rings is 1. The lowest BCUT2D eigenvalue weighted by atomic mass is 10.2. The molecule has 21 heavy (non-hydrogen) atoms. The van der Waals surface area contributed by atoms with Crippen molar-refractivity contribution in [1.82, 2.24) is 4.90 Å². The Morgan fingerprint density at radius 1 is 1.52 bits per heavy atom. The molecule has 3 N–H and O–H groups in total. The van der Waals surface area contributed by atoms with E-state index in [2.05, 4.69) is 5.32 Å². The van der Waals surface area contributed by atoms with Crippen LogP contribution < -0.4 is 15.8 Å². The van der Waals surface area contributed by atoms with Gasteiger partial charge in [0.15, 0.2) is 0 Å². The van der Waals surface area contributed by atoms with Crippen molar-refractivity contribution in [2.24, 2.45) is 5.73 Å². The van der Waals surface area contributed by atoms with Crippen molar-refractivity contribution in [2.45, 2.75) is 25.8 Å². The Bertz CT molecular complexity index is 550. The fraction of sp³-hybridized carbons (Fsp3) is 0.429. The third-order valence-electron chi connectivity index (χ3n) is 3.33. The minimum absolute atomic E-state index is 0.251. The number of nitrogens with one attached hydrogen (secondary N) is 1. The van der Waals surface area contributed by atoms with E-state index in [1.807, 2.05) is 0 Å². The summed E-state index contributed by atoms with van der Waals surface area (Å²) < 4.78 is 18.5. The van der Waals surface area contributed by atoms with E-state index >= 15 is 0 Å². The van der Waals surface area contributed by atoms with E-state index in [1.54, 1.807) is 6.92 Å². The van der Waals surface area contributed by atoms with Crippen LogP contribution >= 0.6 is 0 Å². The Kier molecular flexibility index (Phi) is 4.62. The highest BCUT2D eigenvalue weighted by Gasteiger charge is 2.32. The zero-order chi connectivity index (χ0) is 15.4. The highest BCUT2D eigenvalue weighted by Crippen LogP contribution is 2.27. The molecule has 1 aliphatic heterocycles. The van der Waals surface area contributed by atoms with Gasteiger partial charge in [-0.05, 0) is 31.9 Å². The van der Waals surface area contributed by atoms with Crippen LogP contribution in [0.4, 0.5) is 14.9 Å². The predicted molar refractivity (Wildman–Crippen MR) is 75.5 cm³/mol. The second-order valence-electron chi connectivity index (χ2n) is 4.76. The van der Waals surface area contributed by atoms with Crippen molar-refractivity contribution in [1.29, 1.82) is 0 Å². The summed E-state index contributed by atoms with van der Waals surface area (Å²) in [5.74, 6) is -0.722. The van der Waals surface area contributed by atoms with Gasteiger partial charge in [0.1, 0.15) is 17.6 Å². The maximum atomic E-state index is 13.2. The Balaban J connectivity index is 2.14. The number of rotatable bonds is 4. The van der Waals surface area contributed by atoms with E-state index in [1.165, 1.54) is 23.1 Å². The molecule has 1 heterocycles. The molecule has 1 saturated heterocycles. The standard InChI is InChI=1S/C14H18FN3O3/c1-2-21-12-8-9(15)5-6-10(12)17-14(20)18-7-3-4-11(18)13(16)19/h5-6,8,11H,2-4,7H2,1H3,(H2,16,19)(H,17,20)/t11-/m1/s1. The minimum Gasteiger partial charge on any atom is -0.492 e. The lowest BCUT2D eigenvalue weighted by molar-refractivity contribution is -0.121. The number of anilines is 1. The summed E-state index contributed by atoms with van der Waals surface area (Å²) in [5, 5.41) is 2.64. The first kappa shape index (κ1) is 15.1. The molecule has 1 aromatic carbocycles. The zero-order valence-electron chi connectivity index (χ0n) is 11.8. The van der Waals surface area contributed by atoms with Gasteiger partial charge in [-0.15, -0.1) is 0 Å². The van der Waals surface area contributed by atoms with Gasteiger partial charge in [0.25, 0.3) is 0 Å². The number of carbonyl (C=O) groups is 2. The maximum absolute atomic E-state index is 13.2. The van der Waals surface area contributed by atoms with Crippen molar-refractivity contribution < 1.29 is 18.7 Å². The number of primary amides is 1. The lowest BCUT2D eigenvalue weighted by Gasteiger charge is -2.23. The summed E-state index contributed by atoms with van der Waals surface area (Å²) in [6.45, 7) is 2.57. The average molecular weight is 295 g/mol. The van der Waals surface area contributed by atoms with Gasteiger partial charge in [-0.3, -0.25) is 4.79 Å². The smallest absolute Gasteiger partial charge is 0.322 e. The lowest BCUT2D eigenvalue weighted by Crippen LogP contribution is -2.45. The fourth-order valence-corrected chi connectivity index (χ4v) is 2.37. The molecule has 114 valence electrons. The first-order valence-electron chi connectivity index (χ1n) is 6.82. The Hall–Kier alpha value is -2.31. The van der Waals surface area contributed by atoms with Crippen LogP contribution in [0.2, 0.25) is 0 Å². The van der Waals surface area contributed by atoms with Crippen LogP contribution in [0.3, 0.4) is 0 Å². The summed E-state index contributed by atoms with van der Waals surface area (Å²) in [6, 6.07) is 2.82. The van der Waals surface area contributed by atoms with Crippen LogP contribution in [0.5, 0.6) is 5.75 Å². The van der Waals surface area contributed by atoms with E-state index in [4.69, 9.17) is 10.5 Å². The van der Waals surface area contributed by atoms with Gasteiger partial charge in [-0.1, -0.05) is 0 Å². The number of halogens is 1. The quantitative estimate of drug-likeness (QED) is 0.886. The van der Waals surface area contributed by atoms with Crippen molar-refractivity contribution in [3.8, 4) is 5.75 Å². The number of hydrogen-bond acceptors (Lipinski definition) is 3. The number of nitrogens with two attached hydrogens (primary N) is 1. The highest BCUT2D eigenvalue weighted by molar-refractivity contribution is 5.94. The zero-order valence-corrected chi connectivity index (χ0v) is 11.8. The number of carbonyl (C=O) groups excluding carboxylic acids is 2. The van der Waals surface area contributed by atoms with E-state index in [9.17, 15) is 14.0 Å². The van der Waals surface area contributed by atoms with Crippen molar-refractivity contribution in [2.75, 3.05) is 18.5 Å². The fourth-order valence-electron chi connectivity index (χ4n) is 2.37. The highest BCUT2D eigenvalue weighted by atomic mass is 19.1. The molecular weight excluding hydrogens is 277 g/mol. The summed E-state index contributed by atoms with van der Waals surface area (Å²) in [7, 11) is 0. The Labute approximate surface area is 122 Å². The molecule has 1 aromatic rings. The molecular formula is C14H18FN3O3. The van der Waals surface area contributed by atoms with Gasteiger partial charge >= 0.3 is 6.03 Å². The van der Waals surface area contributed by atoms with Crippen LogP contribution in [-0.4, -0.2) is 36.0 Å². The molecule has 7 heteroatoms. The van der Waals surface area contributed by atoms with Gasteiger partial charge in [-0.25, -0.2) is 9.18 Å². The van der Waals surface area contributed by atoms with Crippen LogP contribution in [-0.2, 0) is 4.79 Å².